The molecule has 2 aromatic rings. The molecule has 4 nitrogen and oxygen atoms in total. The van der Waals surface area contributed by atoms with E-state index in [1.54, 1.807) is 6.07 Å². The first-order valence-electron chi connectivity index (χ1n) is 11.2. The second kappa shape index (κ2) is 7.90. The predicted molar refractivity (Wildman–Crippen MR) is 116 cm³/mol. The second-order valence-corrected chi connectivity index (χ2v) is 9.68. The molecule has 1 N–H and O–H groups in total. The highest BCUT2D eigenvalue weighted by Crippen LogP contribution is 2.59. The van der Waals surface area contributed by atoms with Crippen LogP contribution in [0, 0.1) is 23.2 Å². The molecule has 0 spiro atoms. The zero-order chi connectivity index (χ0) is 20.6. The van der Waals surface area contributed by atoms with Gasteiger partial charge < -0.3 is 10.1 Å². The van der Waals surface area contributed by atoms with Crippen molar-refractivity contribution in [1.82, 2.24) is 5.32 Å². The SMILES string of the molecule is O=C(COC(=O)c1ccccc1-c1ccccc1)NCC12CC3CC(CC(C3)C1)C2. The fourth-order valence-electron chi connectivity index (χ4n) is 6.58. The van der Waals surface area contributed by atoms with Crippen LogP contribution >= 0.6 is 0 Å². The fourth-order valence-corrected chi connectivity index (χ4v) is 6.58. The number of amides is 1. The Balaban J connectivity index is 1.17. The fraction of sp³-hybridized carbons (Fsp3) is 0.462. The van der Waals surface area contributed by atoms with Crippen LogP contribution in [0.2, 0.25) is 0 Å². The molecule has 4 saturated carbocycles. The molecule has 1 amide bonds. The van der Waals surface area contributed by atoms with Crippen molar-refractivity contribution in [1.29, 1.82) is 0 Å². The lowest BCUT2D eigenvalue weighted by molar-refractivity contribution is -0.126. The third-order valence-corrected chi connectivity index (χ3v) is 7.39. The zero-order valence-corrected chi connectivity index (χ0v) is 17.3. The number of carbonyl (C=O) groups is 2. The summed E-state index contributed by atoms with van der Waals surface area (Å²) in [4.78, 5) is 25.1. The van der Waals surface area contributed by atoms with Crippen LogP contribution in [0.1, 0.15) is 48.9 Å². The Hall–Kier alpha value is -2.62. The Kier molecular flexibility index (Phi) is 5.10. The van der Waals surface area contributed by atoms with Gasteiger partial charge >= 0.3 is 5.97 Å². The van der Waals surface area contributed by atoms with E-state index in [-0.39, 0.29) is 17.9 Å². The summed E-state index contributed by atoms with van der Waals surface area (Å²) in [7, 11) is 0. The van der Waals surface area contributed by atoms with Crippen LogP contribution in [-0.4, -0.2) is 25.0 Å². The number of esters is 1. The van der Waals surface area contributed by atoms with Gasteiger partial charge in [0.2, 0.25) is 0 Å². The van der Waals surface area contributed by atoms with Gasteiger partial charge in [0.25, 0.3) is 5.91 Å². The van der Waals surface area contributed by atoms with Crippen molar-refractivity contribution >= 4 is 11.9 Å². The zero-order valence-electron chi connectivity index (χ0n) is 17.3. The summed E-state index contributed by atoms with van der Waals surface area (Å²) in [6, 6.07) is 17.1. The van der Waals surface area contributed by atoms with Crippen LogP contribution in [0.3, 0.4) is 0 Å². The topological polar surface area (TPSA) is 55.4 Å². The van der Waals surface area contributed by atoms with Crippen LogP contribution in [0.5, 0.6) is 0 Å². The number of nitrogens with one attached hydrogen (secondary N) is 1. The highest BCUT2D eigenvalue weighted by atomic mass is 16.5. The Morgan fingerprint density at radius 2 is 1.47 bits per heavy atom. The molecule has 4 aliphatic rings. The van der Waals surface area contributed by atoms with Crippen molar-refractivity contribution in [3.63, 3.8) is 0 Å². The highest BCUT2D eigenvalue weighted by Gasteiger charge is 2.50. The maximum absolute atomic E-state index is 12.7. The first kappa shape index (κ1) is 19.3. The molecule has 6 rings (SSSR count). The maximum Gasteiger partial charge on any atom is 0.339 e. The van der Waals surface area contributed by atoms with E-state index in [0.717, 1.165) is 35.4 Å². The van der Waals surface area contributed by atoms with Crippen molar-refractivity contribution in [2.24, 2.45) is 23.2 Å². The first-order valence-corrected chi connectivity index (χ1v) is 11.2. The molecule has 4 aliphatic carbocycles. The van der Waals surface area contributed by atoms with Gasteiger partial charge in [-0.25, -0.2) is 4.79 Å². The molecule has 0 saturated heterocycles. The smallest absolute Gasteiger partial charge is 0.339 e. The van der Waals surface area contributed by atoms with Gasteiger partial charge in [0.15, 0.2) is 6.61 Å². The van der Waals surface area contributed by atoms with Crippen LogP contribution in [0.25, 0.3) is 11.1 Å². The molecule has 0 unspecified atom stereocenters. The van der Waals surface area contributed by atoms with Crippen molar-refractivity contribution in [2.75, 3.05) is 13.2 Å². The van der Waals surface area contributed by atoms with Gasteiger partial charge in [0, 0.05) is 6.54 Å². The molecule has 0 aromatic heterocycles. The lowest BCUT2D eigenvalue weighted by Crippen LogP contribution is -2.51. The van der Waals surface area contributed by atoms with Gasteiger partial charge in [-0.15, -0.1) is 0 Å². The highest BCUT2D eigenvalue weighted by molar-refractivity contribution is 5.98. The summed E-state index contributed by atoms with van der Waals surface area (Å²) in [5.74, 6) is 1.93. The molecule has 0 aliphatic heterocycles. The van der Waals surface area contributed by atoms with E-state index in [1.165, 1.54) is 38.5 Å². The second-order valence-electron chi connectivity index (χ2n) is 9.68. The molecule has 4 heteroatoms. The number of hydrogen-bond acceptors (Lipinski definition) is 3. The van der Waals surface area contributed by atoms with E-state index in [4.69, 9.17) is 4.74 Å². The Labute approximate surface area is 178 Å². The van der Waals surface area contributed by atoms with Gasteiger partial charge in [-0.1, -0.05) is 48.5 Å². The number of hydrogen-bond donors (Lipinski definition) is 1. The summed E-state index contributed by atoms with van der Waals surface area (Å²) in [6.45, 7) is 0.502. The van der Waals surface area contributed by atoms with E-state index in [1.807, 2.05) is 48.5 Å². The van der Waals surface area contributed by atoms with Crippen LogP contribution in [0.4, 0.5) is 0 Å². The van der Waals surface area contributed by atoms with Crippen molar-refractivity contribution in [3.05, 3.63) is 60.2 Å². The summed E-state index contributed by atoms with van der Waals surface area (Å²) in [6.07, 6.45) is 7.94. The monoisotopic (exact) mass is 403 g/mol. The Morgan fingerprint density at radius 3 is 2.13 bits per heavy atom. The van der Waals surface area contributed by atoms with Gasteiger partial charge in [0.1, 0.15) is 0 Å². The van der Waals surface area contributed by atoms with Gasteiger partial charge in [-0.3, -0.25) is 4.79 Å². The lowest BCUT2D eigenvalue weighted by atomic mass is 9.49. The van der Waals surface area contributed by atoms with Gasteiger partial charge in [-0.05, 0) is 78.9 Å². The number of benzene rings is 2. The molecule has 0 atom stereocenters. The summed E-state index contributed by atoms with van der Waals surface area (Å²) < 4.78 is 5.37. The molecule has 156 valence electrons. The Bertz CT molecular complexity index is 901. The van der Waals surface area contributed by atoms with Crippen LogP contribution in [-0.2, 0) is 9.53 Å². The molecule has 0 radical (unpaired) electrons. The number of carbonyl (C=O) groups excluding carboxylic acids is 2. The minimum absolute atomic E-state index is 0.198. The van der Waals surface area contributed by atoms with Crippen LogP contribution < -0.4 is 5.32 Å². The third-order valence-electron chi connectivity index (χ3n) is 7.39. The van der Waals surface area contributed by atoms with E-state index in [0.29, 0.717) is 5.56 Å². The molecule has 4 bridgehead atoms. The molecule has 4 fully saturated rings. The van der Waals surface area contributed by atoms with E-state index >= 15 is 0 Å². The summed E-state index contributed by atoms with van der Waals surface area (Å²) in [5, 5.41) is 3.08. The maximum atomic E-state index is 12.7. The summed E-state index contributed by atoms with van der Waals surface area (Å²) >= 11 is 0. The van der Waals surface area contributed by atoms with Crippen LogP contribution in [0.15, 0.2) is 54.6 Å². The average Bonchev–Trinajstić information content (AvgIpc) is 2.76. The number of ether oxygens (including phenoxy) is 1. The standard InChI is InChI=1S/C26H29NO3/c28-24(27-17-26-13-18-10-19(14-26)12-20(11-18)15-26)16-30-25(29)23-9-5-4-8-22(23)21-6-2-1-3-7-21/h1-9,18-20H,10-17H2,(H,27,28). The minimum atomic E-state index is -0.459. The molecular formula is C26H29NO3. The molecule has 0 heterocycles. The first-order chi connectivity index (χ1) is 14.6. The van der Waals surface area contributed by atoms with E-state index in [2.05, 4.69) is 5.32 Å². The van der Waals surface area contributed by atoms with Crippen molar-refractivity contribution in [2.45, 2.75) is 38.5 Å². The van der Waals surface area contributed by atoms with Crippen molar-refractivity contribution in [3.8, 4) is 11.1 Å². The van der Waals surface area contributed by atoms with E-state index in [9.17, 15) is 9.59 Å². The molecule has 2 aromatic carbocycles. The van der Waals surface area contributed by atoms with Gasteiger partial charge in [0.05, 0.1) is 5.56 Å². The predicted octanol–water partition coefficient (Wildman–Crippen LogP) is 4.84. The number of rotatable bonds is 6. The lowest BCUT2D eigenvalue weighted by Gasteiger charge is -2.56. The normalized spacial score (nSPS) is 28.9. The summed E-state index contributed by atoms with van der Waals surface area (Å²) in [5.41, 5.74) is 2.54. The average molecular weight is 404 g/mol. The largest absolute Gasteiger partial charge is 0.452 e. The van der Waals surface area contributed by atoms with Gasteiger partial charge in [-0.2, -0.15) is 0 Å². The van der Waals surface area contributed by atoms with Crippen molar-refractivity contribution < 1.29 is 14.3 Å². The minimum Gasteiger partial charge on any atom is -0.452 e. The third kappa shape index (κ3) is 3.88. The molecule has 30 heavy (non-hydrogen) atoms. The van der Waals surface area contributed by atoms with E-state index < -0.39 is 5.97 Å². The quantitative estimate of drug-likeness (QED) is 0.702. The Morgan fingerprint density at radius 1 is 0.867 bits per heavy atom. The molecular weight excluding hydrogens is 374 g/mol.